The lowest BCUT2D eigenvalue weighted by Gasteiger charge is -2.20. The lowest BCUT2D eigenvalue weighted by molar-refractivity contribution is -0.124. The minimum Gasteiger partial charge on any atom is -0.299 e. The summed E-state index contributed by atoms with van der Waals surface area (Å²) in [4.78, 5) is 22.6. The van der Waals surface area contributed by atoms with Crippen LogP contribution in [0.15, 0.2) is 24.3 Å². The molecule has 1 aliphatic carbocycles. The first kappa shape index (κ1) is 11.1. The molecule has 0 bridgehead atoms. The van der Waals surface area contributed by atoms with Crippen molar-refractivity contribution >= 4 is 12.1 Å². The molecule has 0 amide bonds. The Bertz CT molecular complexity index is 395. The summed E-state index contributed by atoms with van der Waals surface area (Å²) in [6.45, 7) is 0. The Balaban J connectivity index is 2.13. The van der Waals surface area contributed by atoms with Crippen molar-refractivity contribution in [2.24, 2.45) is 5.92 Å². The van der Waals surface area contributed by atoms with E-state index in [4.69, 9.17) is 0 Å². The van der Waals surface area contributed by atoms with Crippen molar-refractivity contribution < 1.29 is 9.59 Å². The number of hydrogen-bond donors (Lipinski definition) is 0. The van der Waals surface area contributed by atoms with E-state index in [9.17, 15) is 9.59 Å². The van der Waals surface area contributed by atoms with Crippen molar-refractivity contribution in [1.82, 2.24) is 0 Å². The minimum atomic E-state index is 0.134. The molecular weight excluding hydrogens is 200 g/mol. The standard InChI is InChI=1S/C14H16O2/c15-10-13-7-2-1-5-11(13)9-12-6-3-4-8-14(12)16/h1-2,5,7,10,12H,3-4,6,8-9H2. The molecule has 0 N–H and O–H groups in total. The maximum absolute atomic E-state index is 11.7. The van der Waals surface area contributed by atoms with E-state index in [1.165, 1.54) is 0 Å². The number of rotatable bonds is 3. The van der Waals surface area contributed by atoms with Crippen LogP contribution in [0.4, 0.5) is 0 Å². The van der Waals surface area contributed by atoms with Crippen molar-refractivity contribution in [2.45, 2.75) is 32.1 Å². The van der Waals surface area contributed by atoms with Crippen molar-refractivity contribution in [3.05, 3.63) is 35.4 Å². The van der Waals surface area contributed by atoms with Crippen molar-refractivity contribution in [3.8, 4) is 0 Å². The highest BCUT2D eigenvalue weighted by atomic mass is 16.1. The van der Waals surface area contributed by atoms with Gasteiger partial charge in [-0.15, -0.1) is 0 Å². The first-order chi connectivity index (χ1) is 7.81. The van der Waals surface area contributed by atoms with Crippen LogP contribution in [0.5, 0.6) is 0 Å². The quantitative estimate of drug-likeness (QED) is 0.728. The monoisotopic (exact) mass is 216 g/mol. The zero-order valence-electron chi connectivity index (χ0n) is 9.32. The molecule has 1 fully saturated rings. The van der Waals surface area contributed by atoms with E-state index in [0.29, 0.717) is 12.2 Å². The Morgan fingerprint density at radius 2 is 2.06 bits per heavy atom. The Morgan fingerprint density at radius 3 is 2.81 bits per heavy atom. The summed E-state index contributed by atoms with van der Waals surface area (Å²) in [5.74, 6) is 0.502. The van der Waals surface area contributed by atoms with Gasteiger partial charge < -0.3 is 0 Å². The Hall–Kier alpha value is -1.44. The van der Waals surface area contributed by atoms with Gasteiger partial charge in [0.1, 0.15) is 12.1 Å². The van der Waals surface area contributed by atoms with E-state index in [1.807, 2.05) is 24.3 Å². The minimum absolute atomic E-state index is 0.134. The molecule has 84 valence electrons. The fourth-order valence-corrected chi connectivity index (χ4v) is 2.37. The van der Waals surface area contributed by atoms with Crippen molar-refractivity contribution in [2.75, 3.05) is 0 Å². The number of hydrogen-bond acceptors (Lipinski definition) is 2. The largest absolute Gasteiger partial charge is 0.299 e. The average Bonchev–Trinajstić information content (AvgIpc) is 2.33. The molecule has 1 aromatic rings. The SMILES string of the molecule is O=Cc1ccccc1CC1CCCCC1=O. The van der Waals surface area contributed by atoms with E-state index in [0.717, 1.165) is 43.1 Å². The van der Waals surface area contributed by atoms with Gasteiger partial charge in [-0.25, -0.2) is 0 Å². The van der Waals surface area contributed by atoms with E-state index in [1.54, 1.807) is 0 Å². The third kappa shape index (κ3) is 2.38. The maximum Gasteiger partial charge on any atom is 0.150 e. The fraction of sp³-hybridized carbons (Fsp3) is 0.429. The molecule has 1 aromatic carbocycles. The normalized spacial score (nSPS) is 20.8. The molecule has 1 aliphatic rings. The summed E-state index contributed by atoms with van der Waals surface area (Å²) < 4.78 is 0. The van der Waals surface area contributed by atoms with Crippen LogP contribution < -0.4 is 0 Å². The second-order valence-corrected chi connectivity index (χ2v) is 4.43. The highest BCUT2D eigenvalue weighted by molar-refractivity contribution is 5.83. The van der Waals surface area contributed by atoms with Gasteiger partial charge in [-0.2, -0.15) is 0 Å². The average molecular weight is 216 g/mol. The van der Waals surface area contributed by atoms with Gasteiger partial charge in [0.2, 0.25) is 0 Å². The highest BCUT2D eigenvalue weighted by Gasteiger charge is 2.22. The summed E-state index contributed by atoms with van der Waals surface area (Å²) in [7, 11) is 0. The van der Waals surface area contributed by atoms with Crippen LogP contribution in [0.2, 0.25) is 0 Å². The van der Waals surface area contributed by atoms with Gasteiger partial charge in [0.15, 0.2) is 0 Å². The van der Waals surface area contributed by atoms with Gasteiger partial charge in [-0.1, -0.05) is 30.7 Å². The summed E-state index contributed by atoms with van der Waals surface area (Å²) in [6, 6.07) is 7.55. The fourth-order valence-electron chi connectivity index (χ4n) is 2.37. The van der Waals surface area contributed by atoms with E-state index >= 15 is 0 Å². The van der Waals surface area contributed by atoms with Gasteiger partial charge in [0.05, 0.1) is 0 Å². The zero-order valence-corrected chi connectivity index (χ0v) is 9.32. The molecule has 2 heteroatoms. The van der Waals surface area contributed by atoms with Crippen LogP contribution in [0.3, 0.4) is 0 Å². The molecule has 0 radical (unpaired) electrons. The second-order valence-electron chi connectivity index (χ2n) is 4.43. The second kappa shape index (κ2) is 5.06. The third-order valence-electron chi connectivity index (χ3n) is 3.33. The van der Waals surface area contributed by atoms with Crippen molar-refractivity contribution in [1.29, 1.82) is 0 Å². The molecule has 0 aromatic heterocycles. The molecule has 16 heavy (non-hydrogen) atoms. The smallest absolute Gasteiger partial charge is 0.150 e. The Labute approximate surface area is 95.7 Å². The number of carbonyl (C=O) groups is 2. The van der Waals surface area contributed by atoms with Crippen LogP contribution in [0.25, 0.3) is 0 Å². The first-order valence-electron chi connectivity index (χ1n) is 5.87. The lowest BCUT2D eigenvalue weighted by atomic mass is 9.83. The van der Waals surface area contributed by atoms with Crippen LogP contribution >= 0.6 is 0 Å². The highest BCUT2D eigenvalue weighted by Crippen LogP contribution is 2.25. The molecule has 2 rings (SSSR count). The number of carbonyl (C=O) groups excluding carboxylic acids is 2. The Morgan fingerprint density at radius 1 is 1.25 bits per heavy atom. The number of benzene rings is 1. The van der Waals surface area contributed by atoms with E-state index < -0.39 is 0 Å². The van der Waals surface area contributed by atoms with Gasteiger partial charge in [0.25, 0.3) is 0 Å². The molecule has 0 spiro atoms. The molecule has 2 nitrogen and oxygen atoms in total. The van der Waals surface area contributed by atoms with Crippen LogP contribution in [0, 0.1) is 5.92 Å². The predicted molar refractivity (Wildman–Crippen MR) is 62.5 cm³/mol. The summed E-state index contributed by atoms with van der Waals surface area (Å²) in [6.07, 6.45) is 5.47. The first-order valence-corrected chi connectivity index (χ1v) is 5.87. The van der Waals surface area contributed by atoms with Crippen molar-refractivity contribution in [3.63, 3.8) is 0 Å². The zero-order chi connectivity index (χ0) is 11.4. The van der Waals surface area contributed by atoms with Gasteiger partial charge in [-0.05, 0) is 24.8 Å². The molecule has 0 saturated heterocycles. The van der Waals surface area contributed by atoms with E-state index in [-0.39, 0.29) is 5.92 Å². The molecular formula is C14H16O2. The van der Waals surface area contributed by atoms with Crippen LogP contribution in [-0.4, -0.2) is 12.1 Å². The summed E-state index contributed by atoms with van der Waals surface area (Å²) >= 11 is 0. The lowest BCUT2D eigenvalue weighted by Crippen LogP contribution is -2.21. The maximum atomic E-state index is 11.7. The van der Waals surface area contributed by atoms with E-state index in [2.05, 4.69) is 0 Å². The third-order valence-corrected chi connectivity index (χ3v) is 3.33. The van der Waals surface area contributed by atoms with Gasteiger partial charge >= 0.3 is 0 Å². The molecule has 1 atom stereocenters. The topological polar surface area (TPSA) is 34.1 Å². The Kier molecular flexibility index (Phi) is 3.50. The van der Waals surface area contributed by atoms with Gasteiger partial charge in [-0.3, -0.25) is 9.59 Å². The predicted octanol–water partition coefficient (Wildman–Crippen LogP) is 2.80. The molecule has 1 unspecified atom stereocenters. The molecule has 0 aliphatic heterocycles. The van der Waals surface area contributed by atoms with Gasteiger partial charge in [0, 0.05) is 17.9 Å². The molecule has 0 heterocycles. The number of ketones is 1. The molecule has 1 saturated carbocycles. The summed E-state index contributed by atoms with van der Waals surface area (Å²) in [5, 5.41) is 0. The summed E-state index contributed by atoms with van der Waals surface area (Å²) in [5.41, 5.74) is 1.73. The van der Waals surface area contributed by atoms with Crippen LogP contribution in [-0.2, 0) is 11.2 Å². The van der Waals surface area contributed by atoms with Crippen LogP contribution in [0.1, 0.15) is 41.6 Å². The number of Topliss-reactive ketones (excluding diaryl/α,β-unsaturated/α-hetero) is 1. The number of aldehydes is 1.